The fourth-order valence-corrected chi connectivity index (χ4v) is 7.27. The second kappa shape index (κ2) is 14.7. The van der Waals surface area contributed by atoms with Crippen LogP contribution in [0.1, 0.15) is 43.7 Å². The first-order valence-electron chi connectivity index (χ1n) is 17.2. The molecule has 1 saturated carbocycles. The molecule has 11 nitrogen and oxygen atoms in total. The lowest BCUT2D eigenvalue weighted by Crippen LogP contribution is -2.53. The van der Waals surface area contributed by atoms with Crippen molar-refractivity contribution in [1.82, 2.24) is 19.8 Å². The summed E-state index contributed by atoms with van der Waals surface area (Å²) in [6, 6.07) is 9.07. The number of benzene rings is 2. The summed E-state index contributed by atoms with van der Waals surface area (Å²) in [6.07, 6.45) is 8.07. The fourth-order valence-electron chi connectivity index (χ4n) is 7.27. The maximum atomic E-state index is 14.0. The molecule has 3 aliphatic heterocycles. The van der Waals surface area contributed by atoms with Crippen LogP contribution >= 0.6 is 0 Å². The topological polar surface area (TPSA) is 98.3 Å². The van der Waals surface area contributed by atoms with Gasteiger partial charge in [-0.2, -0.15) is 0 Å². The first-order chi connectivity index (χ1) is 23.9. The van der Waals surface area contributed by atoms with Crippen LogP contribution in [0.5, 0.6) is 5.75 Å². The standard InChI is InChI=1S/C36H44F2N8O3/c1-3-36(47)42-29-19-30(41-34-21-35(40-23-39-34)46-31(8-15-49-46)25-16-26(37)18-27(38)17-25)33(48-2)20-32(29)45-9-6-28(7-10-45)44-13-11-43(12-14-44)22-24-4-5-24/h3,16-21,23-24,28,31H,1,4-15,22H2,2H3,(H,42,47)(H,39,40,41). The smallest absolute Gasteiger partial charge is 0.247 e. The molecule has 1 aliphatic carbocycles. The molecule has 0 radical (unpaired) electrons. The highest BCUT2D eigenvalue weighted by molar-refractivity contribution is 6.02. The van der Waals surface area contributed by atoms with E-state index >= 15 is 0 Å². The number of hydrogen-bond donors (Lipinski definition) is 2. The molecule has 3 aromatic rings. The molecule has 2 aromatic carbocycles. The number of hydrogen-bond acceptors (Lipinski definition) is 10. The Morgan fingerprint density at radius 3 is 2.41 bits per heavy atom. The predicted octanol–water partition coefficient (Wildman–Crippen LogP) is 5.51. The number of anilines is 5. The fraction of sp³-hybridized carbons (Fsp3) is 0.472. The van der Waals surface area contributed by atoms with Crippen molar-refractivity contribution in [1.29, 1.82) is 0 Å². The number of hydroxylamine groups is 1. The van der Waals surface area contributed by atoms with Crippen molar-refractivity contribution in [3.8, 4) is 5.75 Å². The molecule has 0 spiro atoms. The number of carbonyl (C=O) groups excluding carboxylic acids is 1. The van der Waals surface area contributed by atoms with Gasteiger partial charge in [-0.1, -0.05) is 6.58 Å². The molecule has 0 bridgehead atoms. The lowest BCUT2D eigenvalue weighted by molar-refractivity contribution is -0.111. The Labute approximate surface area is 285 Å². The Bertz CT molecular complexity index is 1640. The Morgan fingerprint density at radius 2 is 1.71 bits per heavy atom. The number of amides is 1. The van der Waals surface area contributed by atoms with Crippen LogP contribution in [-0.2, 0) is 9.63 Å². The first kappa shape index (κ1) is 33.2. The number of carbonyl (C=O) groups is 1. The molecule has 7 rings (SSSR count). The number of halogens is 2. The number of ether oxygens (including phenoxy) is 1. The molecular weight excluding hydrogens is 630 g/mol. The van der Waals surface area contributed by atoms with E-state index in [9.17, 15) is 13.6 Å². The van der Waals surface area contributed by atoms with Crippen molar-refractivity contribution in [2.75, 3.05) is 80.1 Å². The van der Waals surface area contributed by atoms with E-state index in [2.05, 4.69) is 41.9 Å². The van der Waals surface area contributed by atoms with Gasteiger partial charge in [0.15, 0.2) is 5.82 Å². The number of aromatic nitrogens is 2. The zero-order chi connectivity index (χ0) is 33.9. The van der Waals surface area contributed by atoms with Crippen molar-refractivity contribution >= 4 is 34.6 Å². The number of nitrogens with zero attached hydrogens (tertiary/aromatic N) is 6. The summed E-state index contributed by atoms with van der Waals surface area (Å²) in [5, 5.41) is 7.85. The van der Waals surface area contributed by atoms with Crippen molar-refractivity contribution in [3.05, 3.63) is 72.6 Å². The SMILES string of the molecule is C=CC(=O)Nc1cc(Nc2cc(N3OCCC3c3cc(F)cc(F)c3)ncn2)c(OC)cc1N1CCC(N2CCN(CC3CC3)CC2)CC1. The van der Waals surface area contributed by atoms with Gasteiger partial charge in [0.2, 0.25) is 5.91 Å². The molecular formula is C36H44F2N8O3. The number of methoxy groups -OCH3 is 1. The molecule has 49 heavy (non-hydrogen) atoms. The van der Waals surface area contributed by atoms with Crippen LogP contribution < -0.4 is 25.3 Å². The number of piperazine rings is 1. The molecule has 260 valence electrons. The highest BCUT2D eigenvalue weighted by Gasteiger charge is 2.32. The van der Waals surface area contributed by atoms with E-state index in [-0.39, 0.29) is 5.91 Å². The largest absolute Gasteiger partial charge is 0.494 e. The average molecular weight is 675 g/mol. The Kier molecular flexibility index (Phi) is 9.92. The third-order valence-corrected chi connectivity index (χ3v) is 10.0. The molecule has 13 heteroatoms. The summed E-state index contributed by atoms with van der Waals surface area (Å²) in [5.41, 5.74) is 2.55. The molecule has 2 N–H and O–H groups in total. The zero-order valence-electron chi connectivity index (χ0n) is 27.9. The summed E-state index contributed by atoms with van der Waals surface area (Å²) in [6.45, 7) is 11.6. The zero-order valence-corrected chi connectivity index (χ0v) is 27.9. The molecule has 4 aliphatic rings. The van der Waals surface area contributed by atoms with Gasteiger partial charge in [-0.25, -0.2) is 23.8 Å². The average Bonchev–Trinajstić information content (AvgIpc) is 3.79. The van der Waals surface area contributed by atoms with Crippen LogP contribution in [0, 0.1) is 17.6 Å². The van der Waals surface area contributed by atoms with Crippen LogP contribution in [0.3, 0.4) is 0 Å². The van der Waals surface area contributed by atoms with Crippen molar-refractivity contribution in [2.45, 2.75) is 44.2 Å². The van der Waals surface area contributed by atoms with E-state index in [1.54, 1.807) is 18.2 Å². The lowest BCUT2D eigenvalue weighted by Gasteiger charge is -2.43. The second-order valence-corrected chi connectivity index (χ2v) is 13.3. The van der Waals surface area contributed by atoms with Gasteiger partial charge in [0.25, 0.3) is 0 Å². The normalized spacial score (nSPS) is 20.8. The molecule has 1 aromatic heterocycles. The van der Waals surface area contributed by atoms with Gasteiger partial charge in [0.05, 0.1) is 36.8 Å². The van der Waals surface area contributed by atoms with Gasteiger partial charge >= 0.3 is 0 Å². The van der Waals surface area contributed by atoms with Crippen LogP contribution in [0.4, 0.5) is 37.5 Å². The summed E-state index contributed by atoms with van der Waals surface area (Å²) in [5.74, 6) is 0.758. The number of nitrogens with one attached hydrogen (secondary N) is 2. The van der Waals surface area contributed by atoms with E-state index in [1.807, 2.05) is 12.1 Å². The van der Waals surface area contributed by atoms with Crippen molar-refractivity contribution < 1.29 is 23.1 Å². The Hall–Kier alpha value is -4.33. The van der Waals surface area contributed by atoms with Crippen LogP contribution in [0.15, 0.2) is 55.4 Å². The quantitative estimate of drug-likeness (QED) is 0.254. The van der Waals surface area contributed by atoms with Crippen molar-refractivity contribution in [2.24, 2.45) is 5.92 Å². The first-order valence-corrected chi connectivity index (χ1v) is 17.2. The Balaban J connectivity index is 1.07. The minimum absolute atomic E-state index is 0.313. The van der Waals surface area contributed by atoms with Gasteiger partial charge in [-0.05, 0) is 61.4 Å². The van der Waals surface area contributed by atoms with Gasteiger partial charge in [0.1, 0.15) is 29.5 Å². The molecule has 4 heterocycles. The molecule has 4 fully saturated rings. The minimum Gasteiger partial charge on any atom is -0.494 e. The maximum Gasteiger partial charge on any atom is 0.247 e. The number of rotatable bonds is 11. The van der Waals surface area contributed by atoms with E-state index in [0.29, 0.717) is 53.4 Å². The minimum atomic E-state index is -0.649. The van der Waals surface area contributed by atoms with E-state index in [1.165, 1.54) is 43.9 Å². The third kappa shape index (κ3) is 7.79. The van der Waals surface area contributed by atoms with E-state index in [4.69, 9.17) is 9.57 Å². The highest BCUT2D eigenvalue weighted by atomic mass is 19.1. The summed E-state index contributed by atoms with van der Waals surface area (Å²) < 4.78 is 33.9. The van der Waals surface area contributed by atoms with Gasteiger partial charge in [-0.15, -0.1) is 0 Å². The molecule has 1 amide bonds. The maximum absolute atomic E-state index is 14.0. The molecule has 1 unspecified atom stereocenters. The summed E-state index contributed by atoms with van der Waals surface area (Å²) >= 11 is 0. The van der Waals surface area contributed by atoms with Gasteiger partial charge in [-0.3, -0.25) is 14.5 Å². The van der Waals surface area contributed by atoms with E-state index < -0.39 is 17.7 Å². The predicted molar refractivity (Wildman–Crippen MR) is 185 cm³/mol. The third-order valence-electron chi connectivity index (χ3n) is 10.0. The number of piperidine rings is 1. The second-order valence-electron chi connectivity index (χ2n) is 13.3. The lowest BCUT2D eigenvalue weighted by atomic mass is 10.0. The monoisotopic (exact) mass is 674 g/mol. The van der Waals surface area contributed by atoms with Gasteiger partial charge in [0, 0.05) is 76.5 Å². The summed E-state index contributed by atoms with van der Waals surface area (Å²) in [7, 11) is 1.60. The Morgan fingerprint density at radius 1 is 0.959 bits per heavy atom. The molecule has 1 atom stereocenters. The summed E-state index contributed by atoms with van der Waals surface area (Å²) in [4.78, 5) is 34.8. The molecule has 3 saturated heterocycles. The van der Waals surface area contributed by atoms with Crippen LogP contribution in [-0.4, -0.2) is 91.2 Å². The van der Waals surface area contributed by atoms with Crippen LogP contribution in [0.2, 0.25) is 0 Å². The van der Waals surface area contributed by atoms with Crippen molar-refractivity contribution in [3.63, 3.8) is 0 Å². The van der Waals surface area contributed by atoms with Gasteiger partial charge < -0.3 is 25.2 Å². The van der Waals surface area contributed by atoms with Crippen LogP contribution in [0.25, 0.3) is 0 Å². The van der Waals surface area contributed by atoms with E-state index in [0.717, 1.165) is 69.8 Å². The highest BCUT2D eigenvalue weighted by Crippen LogP contribution is 2.41.